The van der Waals surface area contributed by atoms with Gasteiger partial charge in [-0.05, 0) is 24.3 Å². The van der Waals surface area contributed by atoms with Gasteiger partial charge >= 0.3 is 0 Å². The Morgan fingerprint density at radius 3 is 2.87 bits per heavy atom. The van der Waals surface area contributed by atoms with E-state index in [9.17, 15) is 4.39 Å². The minimum atomic E-state index is -0.284. The summed E-state index contributed by atoms with van der Waals surface area (Å²) in [7, 11) is 0. The molecule has 0 radical (unpaired) electrons. The van der Waals surface area contributed by atoms with Crippen molar-refractivity contribution in [3.05, 3.63) is 60.2 Å². The molecule has 1 aromatic carbocycles. The molecule has 0 spiro atoms. The predicted octanol–water partition coefficient (Wildman–Crippen LogP) is 2.75. The SMILES string of the molecule is OCCOc1ccc(NCc2cc(F)cc3cccnc23)cn1. The van der Waals surface area contributed by atoms with Gasteiger partial charge in [0, 0.05) is 29.8 Å². The molecule has 0 fully saturated rings. The van der Waals surface area contributed by atoms with Gasteiger partial charge in [-0.15, -0.1) is 0 Å². The smallest absolute Gasteiger partial charge is 0.213 e. The summed E-state index contributed by atoms with van der Waals surface area (Å²) in [5.41, 5.74) is 2.34. The highest BCUT2D eigenvalue weighted by atomic mass is 19.1. The lowest BCUT2D eigenvalue weighted by Gasteiger charge is -2.10. The number of hydrogen-bond acceptors (Lipinski definition) is 5. The normalized spacial score (nSPS) is 10.7. The largest absolute Gasteiger partial charge is 0.475 e. The van der Waals surface area contributed by atoms with Crippen molar-refractivity contribution in [1.82, 2.24) is 9.97 Å². The molecule has 2 N–H and O–H groups in total. The van der Waals surface area contributed by atoms with Crippen LogP contribution in [-0.2, 0) is 6.54 Å². The molecule has 0 aliphatic carbocycles. The van der Waals surface area contributed by atoms with E-state index in [4.69, 9.17) is 9.84 Å². The highest BCUT2D eigenvalue weighted by Gasteiger charge is 2.05. The topological polar surface area (TPSA) is 67.3 Å². The Morgan fingerprint density at radius 2 is 2.09 bits per heavy atom. The van der Waals surface area contributed by atoms with E-state index in [2.05, 4.69) is 15.3 Å². The summed E-state index contributed by atoms with van der Waals surface area (Å²) in [6.07, 6.45) is 3.32. The minimum absolute atomic E-state index is 0.0542. The van der Waals surface area contributed by atoms with E-state index >= 15 is 0 Å². The fraction of sp³-hybridized carbons (Fsp3) is 0.176. The molecule has 0 atom stereocenters. The maximum absolute atomic E-state index is 13.7. The Hall–Kier alpha value is -2.73. The molecule has 3 rings (SSSR count). The standard InChI is InChI=1S/C17H16FN3O2/c18-14-8-12-2-1-5-19-17(12)13(9-14)10-20-15-3-4-16(21-11-15)23-7-6-22/h1-5,8-9,11,20,22H,6-7,10H2. The van der Waals surface area contributed by atoms with Gasteiger partial charge in [0.25, 0.3) is 0 Å². The molecule has 6 heteroatoms. The summed E-state index contributed by atoms with van der Waals surface area (Å²) >= 11 is 0. The number of pyridine rings is 2. The number of aliphatic hydroxyl groups excluding tert-OH is 1. The zero-order valence-electron chi connectivity index (χ0n) is 12.4. The van der Waals surface area contributed by atoms with Crippen LogP contribution >= 0.6 is 0 Å². The van der Waals surface area contributed by atoms with Gasteiger partial charge in [-0.2, -0.15) is 0 Å². The van der Waals surface area contributed by atoms with E-state index in [1.807, 2.05) is 12.1 Å². The van der Waals surface area contributed by atoms with Crippen molar-refractivity contribution in [2.75, 3.05) is 18.5 Å². The van der Waals surface area contributed by atoms with Crippen LogP contribution in [0.4, 0.5) is 10.1 Å². The fourth-order valence-corrected chi connectivity index (χ4v) is 2.28. The fourth-order valence-electron chi connectivity index (χ4n) is 2.28. The molecule has 0 bridgehead atoms. The van der Waals surface area contributed by atoms with Crippen LogP contribution in [0.25, 0.3) is 10.9 Å². The van der Waals surface area contributed by atoms with Crippen LogP contribution in [0.15, 0.2) is 48.8 Å². The molecule has 23 heavy (non-hydrogen) atoms. The van der Waals surface area contributed by atoms with E-state index in [1.165, 1.54) is 12.1 Å². The predicted molar refractivity (Wildman–Crippen MR) is 85.8 cm³/mol. The molecular weight excluding hydrogens is 297 g/mol. The number of nitrogens with one attached hydrogen (secondary N) is 1. The first-order valence-electron chi connectivity index (χ1n) is 7.23. The number of anilines is 1. The van der Waals surface area contributed by atoms with E-state index in [-0.39, 0.29) is 19.0 Å². The number of nitrogens with zero attached hydrogens (tertiary/aromatic N) is 2. The van der Waals surface area contributed by atoms with Crippen molar-refractivity contribution in [1.29, 1.82) is 0 Å². The Bertz CT molecular complexity index is 793. The van der Waals surface area contributed by atoms with Crippen LogP contribution in [0, 0.1) is 5.82 Å². The third-order valence-corrected chi connectivity index (χ3v) is 3.31. The Morgan fingerprint density at radius 1 is 1.17 bits per heavy atom. The maximum Gasteiger partial charge on any atom is 0.213 e. The molecule has 3 aromatic rings. The Labute approximate surface area is 132 Å². The van der Waals surface area contributed by atoms with Crippen molar-refractivity contribution in [2.45, 2.75) is 6.54 Å². The maximum atomic E-state index is 13.7. The van der Waals surface area contributed by atoms with Crippen LogP contribution in [0.2, 0.25) is 0 Å². The minimum Gasteiger partial charge on any atom is -0.475 e. The van der Waals surface area contributed by atoms with Crippen molar-refractivity contribution in [2.24, 2.45) is 0 Å². The molecule has 0 unspecified atom stereocenters. The quantitative estimate of drug-likeness (QED) is 0.732. The van der Waals surface area contributed by atoms with Crippen LogP contribution in [-0.4, -0.2) is 28.3 Å². The lowest BCUT2D eigenvalue weighted by atomic mass is 10.1. The molecule has 2 aromatic heterocycles. The average Bonchev–Trinajstić information content (AvgIpc) is 2.58. The molecule has 2 heterocycles. The number of hydrogen-bond donors (Lipinski definition) is 2. The number of aromatic nitrogens is 2. The van der Waals surface area contributed by atoms with Crippen LogP contribution in [0.5, 0.6) is 5.88 Å². The van der Waals surface area contributed by atoms with E-state index < -0.39 is 0 Å². The third kappa shape index (κ3) is 3.73. The number of fused-ring (bicyclic) bond motifs is 1. The van der Waals surface area contributed by atoms with Crippen LogP contribution in [0.3, 0.4) is 0 Å². The first-order valence-corrected chi connectivity index (χ1v) is 7.23. The summed E-state index contributed by atoms with van der Waals surface area (Å²) in [6, 6.07) is 10.1. The van der Waals surface area contributed by atoms with Gasteiger partial charge in [0.05, 0.1) is 24.0 Å². The lowest BCUT2D eigenvalue weighted by molar-refractivity contribution is 0.196. The molecule has 0 aliphatic heterocycles. The molecule has 0 saturated heterocycles. The second-order valence-corrected chi connectivity index (χ2v) is 4.95. The van der Waals surface area contributed by atoms with Crippen molar-refractivity contribution in [3.63, 3.8) is 0 Å². The van der Waals surface area contributed by atoms with Crippen LogP contribution < -0.4 is 10.1 Å². The Balaban J connectivity index is 1.73. The van der Waals surface area contributed by atoms with Gasteiger partial charge in [0.2, 0.25) is 5.88 Å². The van der Waals surface area contributed by atoms with Crippen LogP contribution in [0.1, 0.15) is 5.56 Å². The van der Waals surface area contributed by atoms with Gasteiger partial charge in [0.1, 0.15) is 12.4 Å². The Kier molecular flexibility index (Phi) is 4.63. The first-order chi connectivity index (χ1) is 11.3. The van der Waals surface area contributed by atoms with Crippen molar-refractivity contribution in [3.8, 4) is 5.88 Å². The molecule has 0 aliphatic rings. The summed E-state index contributed by atoms with van der Waals surface area (Å²) in [5, 5.41) is 12.7. The van der Waals surface area contributed by atoms with Gasteiger partial charge in [-0.1, -0.05) is 6.07 Å². The van der Waals surface area contributed by atoms with Gasteiger partial charge < -0.3 is 15.2 Å². The molecule has 0 amide bonds. The first kappa shape index (κ1) is 15.2. The van der Waals surface area contributed by atoms with Crippen molar-refractivity contribution < 1.29 is 14.2 Å². The average molecular weight is 313 g/mol. The number of benzene rings is 1. The number of ether oxygens (including phenoxy) is 1. The number of rotatable bonds is 6. The summed E-state index contributed by atoms with van der Waals surface area (Å²) < 4.78 is 18.9. The van der Waals surface area contributed by atoms with E-state index in [1.54, 1.807) is 24.5 Å². The second-order valence-electron chi connectivity index (χ2n) is 4.95. The van der Waals surface area contributed by atoms with Gasteiger partial charge in [0.15, 0.2) is 0 Å². The summed E-state index contributed by atoms with van der Waals surface area (Å²) in [4.78, 5) is 8.44. The lowest BCUT2D eigenvalue weighted by Crippen LogP contribution is -2.04. The number of aliphatic hydroxyl groups is 1. The van der Waals surface area contributed by atoms with E-state index in [0.29, 0.717) is 12.4 Å². The highest BCUT2D eigenvalue weighted by Crippen LogP contribution is 2.20. The van der Waals surface area contributed by atoms with Gasteiger partial charge in [-0.25, -0.2) is 9.37 Å². The molecule has 0 saturated carbocycles. The highest BCUT2D eigenvalue weighted by molar-refractivity contribution is 5.81. The summed E-state index contributed by atoms with van der Waals surface area (Å²) in [6.45, 7) is 0.589. The van der Waals surface area contributed by atoms with E-state index in [0.717, 1.165) is 22.2 Å². The number of halogens is 1. The monoisotopic (exact) mass is 313 g/mol. The summed E-state index contributed by atoms with van der Waals surface area (Å²) in [5.74, 6) is 0.163. The van der Waals surface area contributed by atoms with Crippen molar-refractivity contribution >= 4 is 16.6 Å². The molecule has 118 valence electrons. The molecule has 5 nitrogen and oxygen atoms in total. The second kappa shape index (κ2) is 7.02. The third-order valence-electron chi connectivity index (χ3n) is 3.31. The zero-order valence-corrected chi connectivity index (χ0v) is 12.4. The molecular formula is C17H16FN3O2. The zero-order chi connectivity index (χ0) is 16.1. The van der Waals surface area contributed by atoms with Gasteiger partial charge in [-0.3, -0.25) is 4.98 Å².